The van der Waals surface area contributed by atoms with Crippen LogP contribution in [0.25, 0.3) is 11.3 Å². The second kappa shape index (κ2) is 7.69. The van der Waals surface area contributed by atoms with Gasteiger partial charge < -0.3 is 10.0 Å². The number of rotatable bonds is 3. The van der Waals surface area contributed by atoms with Crippen molar-refractivity contribution in [1.82, 2.24) is 20.1 Å². The summed E-state index contributed by atoms with van der Waals surface area (Å²) < 4.78 is 0. The van der Waals surface area contributed by atoms with Crippen LogP contribution >= 0.6 is 0 Å². The number of carbonyl (C=O) groups is 1. The average molecular weight is 402 g/mol. The largest absolute Gasteiger partial charge is 0.385 e. The zero-order chi connectivity index (χ0) is 20.6. The summed E-state index contributed by atoms with van der Waals surface area (Å²) in [5.74, 6) is 0.0108. The van der Waals surface area contributed by atoms with Gasteiger partial charge in [-0.15, -0.1) is 0 Å². The van der Waals surface area contributed by atoms with E-state index in [1.807, 2.05) is 47.4 Å². The Bertz CT molecular complexity index is 1020. The van der Waals surface area contributed by atoms with Crippen molar-refractivity contribution in [2.24, 2.45) is 5.92 Å². The lowest BCUT2D eigenvalue weighted by molar-refractivity contribution is -0.110. The van der Waals surface area contributed by atoms with Crippen molar-refractivity contribution in [2.45, 2.75) is 43.7 Å². The maximum absolute atomic E-state index is 13.4. The summed E-state index contributed by atoms with van der Waals surface area (Å²) >= 11 is 0. The van der Waals surface area contributed by atoms with Crippen molar-refractivity contribution in [2.75, 3.05) is 6.54 Å². The zero-order valence-electron chi connectivity index (χ0n) is 16.9. The third kappa shape index (κ3) is 3.21. The summed E-state index contributed by atoms with van der Waals surface area (Å²) in [4.78, 5) is 19.5. The lowest BCUT2D eigenvalue weighted by Gasteiger charge is -2.52. The van der Waals surface area contributed by atoms with Crippen LogP contribution in [-0.4, -0.2) is 43.7 Å². The molecule has 3 heterocycles. The number of likely N-dealkylation sites (tertiary alicyclic amines) is 1. The lowest BCUT2D eigenvalue weighted by atomic mass is 9.66. The molecule has 1 aliphatic heterocycles. The molecule has 6 nitrogen and oxygen atoms in total. The second-order valence-electron chi connectivity index (χ2n) is 8.41. The molecule has 5 rings (SSSR count). The number of aliphatic hydroxyl groups is 1. The van der Waals surface area contributed by atoms with Gasteiger partial charge in [-0.05, 0) is 43.0 Å². The first-order chi connectivity index (χ1) is 14.7. The minimum absolute atomic E-state index is 0.0374. The number of hydrogen-bond donors (Lipinski definition) is 2. The number of H-pyrrole nitrogens is 1. The highest BCUT2D eigenvalue weighted by molar-refractivity contribution is 5.93. The molecule has 0 radical (unpaired) electrons. The Morgan fingerprint density at radius 1 is 1.13 bits per heavy atom. The van der Waals surface area contributed by atoms with Crippen molar-refractivity contribution in [3.63, 3.8) is 0 Å². The quantitative estimate of drug-likeness (QED) is 0.699. The van der Waals surface area contributed by atoms with Crippen LogP contribution in [0.15, 0.2) is 60.9 Å². The van der Waals surface area contributed by atoms with Gasteiger partial charge in [0.25, 0.3) is 5.91 Å². The fraction of sp³-hybridized carbons (Fsp3) is 0.375. The Morgan fingerprint density at radius 3 is 2.77 bits per heavy atom. The number of nitrogens with zero attached hydrogens (tertiary/aromatic N) is 3. The van der Waals surface area contributed by atoms with E-state index in [4.69, 9.17) is 0 Å². The molecule has 1 aromatic carbocycles. The Hall–Kier alpha value is -2.99. The van der Waals surface area contributed by atoms with Gasteiger partial charge in [0.05, 0.1) is 11.3 Å². The number of piperidine rings is 1. The molecule has 154 valence electrons. The summed E-state index contributed by atoms with van der Waals surface area (Å²) in [7, 11) is 0. The zero-order valence-corrected chi connectivity index (χ0v) is 16.9. The molecule has 2 fully saturated rings. The SMILES string of the molecule is O=C(c1cc(-c2cccnc2)n[nH]1)N1CC[C@](O)(c2ccccc2)[C@H]2CCCC[C@H]21. The molecule has 30 heavy (non-hydrogen) atoms. The van der Waals surface area contributed by atoms with Gasteiger partial charge in [0.2, 0.25) is 0 Å². The number of nitrogens with one attached hydrogen (secondary N) is 1. The minimum atomic E-state index is -0.877. The van der Waals surface area contributed by atoms with Crippen LogP contribution in [0.4, 0.5) is 0 Å². The Balaban J connectivity index is 1.42. The number of aromatic nitrogens is 3. The summed E-state index contributed by atoms with van der Waals surface area (Å²) in [6, 6.07) is 15.6. The molecular formula is C24H26N4O2. The number of aromatic amines is 1. The van der Waals surface area contributed by atoms with Crippen LogP contribution in [0.1, 0.15) is 48.2 Å². The van der Waals surface area contributed by atoms with Crippen LogP contribution < -0.4 is 0 Å². The van der Waals surface area contributed by atoms with Gasteiger partial charge in [-0.25, -0.2) is 0 Å². The van der Waals surface area contributed by atoms with E-state index in [2.05, 4.69) is 15.2 Å². The molecule has 3 atom stereocenters. The summed E-state index contributed by atoms with van der Waals surface area (Å²) in [6.45, 7) is 0.534. The number of benzene rings is 1. The van der Waals surface area contributed by atoms with E-state index >= 15 is 0 Å². The van der Waals surface area contributed by atoms with E-state index in [1.54, 1.807) is 18.5 Å². The standard InChI is InChI=1S/C24H26N4O2/c29-23(21-15-20(26-27-21)17-7-6-13-25-16-17)28-14-12-24(30,18-8-2-1-3-9-18)19-10-4-5-11-22(19)28/h1-3,6-9,13,15-16,19,22,30H,4-5,10-12,14H2,(H,26,27)/t19-,22+,24-/m0/s1. The monoisotopic (exact) mass is 402 g/mol. The maximum atomic E-state index is 13.4. The molecule has 6 heteroatoms. The van der Waals surface area contributed by atoms with Gasteiger partial charge in [-0.2, -0.15) is 5.10 Å². The molecular weight excluding hydrogens is 376 g/mol. The van der Waals surface area contributed by atoms with E-state index in [0.29, 0.717) is 24.4 Å². The fourth-order valence-electron chi connectivity index (χ4n) is 5.27. The predicted octanol–water partition coefficient (Wildman–Crippen LogP) is 3.76. The highest BCUT2D eigenvalue weighted by Crippen LogP contribution is 2.47. The molecule has 0 spiro atoms. The smallest absolute Gasteiger partial charge is 0.272 e. The van der Waals surface area contributed by atoms with Crippen molar-refractivity contribution >= 4 is 5.91 Å². The van der Waals surface area contributed by atoms with E-state index in [9.17, 15) is 9.90 Å². The molecule has 2 N–H and O–H groups in total. The van der Waals surface area contributed by atoms with Crippen molar-refractivity contribution in [1.29, 1.82) is 0 Å². The number of hydrogen-bond acceptors (Lipinski definition) is 4. The van der Waals surface area contributed by atoms with Crippen LogP contribution in [0.2, 0.25) is 0 Å². The topological polar surface area (TPSA) is 82.1 Å². The first-order valence-corrected chi connectivity index (χ1v) is 10.7. The highest BCUT2D eigenvalue weighted by Gasteiger charge is 2.50. The third-order valence-electron chi connectivity index (χ3n) is 6.78. The van der Waals surface area contributed by atoms with Crippen molar-refractivity contribution in [3.05, 3.63) is 72.2 Å². The fourth-order valence-corrected chi connectivity index (χ4v) is 5.27. The molecule has 1 aliphatic carbocycles. The molecule has 1 saturated heterocycles. The van der Waals surface area contributed by atoms with Gasteiger partial charge in [0.15, 0.2) is 0 Å². The third-order valence-corrected chi connectivity index (χ3v) is 6.78. The molecule has 1 amide bonds. The number of fused-ring (bicyclic) bond motifs is 1. The number of amides is 1. The van der Waals surface area contributed by atoms with Crippen LogP contribution in [0.3, 0.4) is 0 Å². The summed E-state index contributed by atoms with van der Waals surface area (Å²) in [6.07, 6.45) is 8.04. The van der Waals surface area contributed by atoms with E-state index in [-0.39, 0.29) is 17.9 Å². The number of carbonyl (C=O) groups excluding carboxylic acids is 1. The van der Waals surface area contributed by atoms with Gasteiger partial charge in [-0.3, -0.25) is 14.9 Å². The van der Waals surface area contributed by atoms with Crippen LogP contribution in [-0.2, 0) is 5.60 Å². The normalized spacial score (nSPS) is 26.2. The van der Waals surface area contributed by atoms with Crippen molar-refractivity contribution < 1.29 is 9.90 Å². The summed E-state index contributed by atoms with van der Waals surface area (Å²) in [5, 5.41) is 18.9. The maximum Gasteiger partial charge on any atom is 0.272 e. The Kier molecular flexibility index (Phi) is 4.87. The van der Waals surface area contributed by atoms with Crippen LogP contribution in [0.5, 0.6) is 0 Å². The van der Waals surface area contributed by atoms with Gasteiger partial charge in [0, 0.05) is 36.5 Å². The summed E-state index contributed by atoms with van der Waals surface area (Å²) in [5.41, 5.74) is 2.17. The molecule has 2 aromatic heterocycles. The van der Waals surface area contributed by atoms with E-state index in [0.717, 1.165) is 36.8 Å². The van der Waals surface area contributed by atoms with Crippen LogP contribution in [0, 0.1) is 5.92 Å². The van der Waals surface area contributed by atoms with Crippen molar-refractivity contribution in [3.8, 4) is 11.3 Å². The lowest BCUT2D eigenvalue weighted by Crippen LogP contribution is -2.59. The Labute approximate surface area is 176 Å². The van der Waals surface area contributed by atoms with E-state index in [1.165, 1.54) is 0 Å². The van der Waals surface area contributed by atoms with Gasteiger partial charge in [-0.1, -0.05) is 43.2 Å². The predicted molar refractivity (Wildman–Crippen MR) is 114 cm³/mol. The molecule has 3 aromatic rings. The van der Waals surface area contributed by atoms with Gasteiger partial charge >= 0.3 is 0 Å². The number of pyridine rings is 1. The molecule has 2 aliphatic rings. The van der Waals surface area contributed by atoms with E-state index < -0.39 is 5.60 Å². The Morgan fingerprint density at radius 2 is 1.97 bits per heavy atom. The first kappa shape index (κ1) is 19.0. The second-order valence-corrected chi connectivity index (χ2v) is 8.41. The minimum Gasteiger partial charge on any atom is -0.385 e. The molecule has 1 saturated carbocycles. The van der Waals surface area contributed by atoms with Gasteiger partial charge in [0.1, 0.15) is 5.69 Å². The molecule has 0 bridgehead atoms. The average Bonchev–Trinajstić information content (AvgIpc) is 3.31. The first-order valence-electron chi connectivity index (χ1n) is 10.7. The highest BCUT2D eigenvalue weighted by atomic mass is 16.3. The molecule has 0 unspecified atom stereocenters.